The summed E-state index contributed by atoms with van der Waals surface area (Å²) in [4.78, 5) is 28.4. The Balaban J connectivity index is 1.94. The number of ether oxygens (including phenoxy) is 1. The summed E-state index contributed by atoms with van der Waals surface area (Å²) in [5, 5.41) is 2.21. The number of hydrogen-bond acceptors (Lipinski definition) is 4. The largest absolute Gasteiger partial charge is 0.417 e. The summed E-state index contributed by atoms with van der Waals surface area (Å²) in [6.45, 7) is 1.29. The first kappa shape index (κ1) is 20.0. The minimum Gasteiger partial charge on any atom is -0.379 e. The van der Waals surface area contributed by atoms with Crippen molar-refractivity contribution >= 4 is 11.6 Å². The first-order valence-corrected chi connectivity index (χ1v) is 8.44. The molecule has 0 radical (unpaired) electrons. The third-order valence-electron chi connectivity index (χ3n) is 4.35. The molecule has 1 saturated heterocycles. The van der Waals surface area contributed by atoms with Gasteiger partial charge in [0.25, 0.3) is 5.56 Å². The third kappa shape index (κ3) is 4.39. The molecular weight excluding hydrogens is 382 g/mol. The van der Waals surface area contributed by atoms with Crippen molar-refractivity contribution in [1.29, 1.82) is 0 Å². The second-order valence-electron chi connectivity index (χ2n) is 6.19. The Morgan fingerprint density at radius 3 is 2.54 bits per heavy atom. The molecule has 0 aliphatic carbocycles. The number of rotatable bonds is 4. The number of pyridine rings is 1. The Hall–Kier alpha value is -2.72. The van der Waals surface area contributed by atoms with E-state index in [0.29, 0.717) is 38.6 Å². The van der Waals surface area contributed by atoms with Gasteiger partial charge in [-0.05, 0) is 12.1 Å². The van der Waals surface area contributed by atoms with E-state index in [0.717, 1.165) is 0 Å². The normalized spacial score (nSPS) is 16.6. The quantitative estimate of drug-likeness (QED) is 0.775. The second kappa shape index (κ2) is 8.11. The number of H-pyrrole nitrogens is 1. The van der Waals surface area contributed by atoms with Crippen molar-refractivity contribution in [3.05, 3.63) is 63.8 Å². The highest BCUT2D eigenvalue weighted by atomic mass is 19.4. The van der Waals surface area contributed by atoms with Crippen molar-refractivity contribution in [3.63, 3.8) is 0 Å². The van der Waals surface area contributed by atoms with E-state index in [1.807, 2.05) is 4.98 Å². The summed E-state index contributed by atoms with van der Waals surface area (Å²) in [5.74, 6) is -1.44. The molecule has 0 spiro atoms. The highest BCUT2D eigenvalue weighted by Gasteiger charge is 2.34. The van der Waals surface area contributed by atoms with Gasteiger partial charge in [0.2, 0.25) is 5.91 Å². The number of aromatic nitrogens is 1. The van der Waals surface area contributed by atoms with Gasteiger partial charge in [0.15, 0.2) is 0 Å². The van der Waals surface area contributed by atoms with Gasteiger partial charge < -0.3 is 15.0 Å². The fourth-order valence-corrected chi connectivity index (χ4v) is 2.98. The van der Waals surface area contributed by atoms with Crippen LogP contribution in [0.25, 0.3) is 0 Å². The first-order valence-electron chi connectivity index (χ1n) is 8.44. The lowest BCUT2D eigenvalue weighted by molar-refractivity contribution is -0.137. The standard InChI is InChI=1S/C18H17F4N3O3/c19-13-4-2-1-3-12(13)15(25-5-7-28-8-6-25)17(27)24-14-9-11(18(20,21)22)10-23-16(14)26/h1-4,9-10,15H,5-8H2,(H,23,26)(H,24,27)/t15-/m0/s1. The zero-order chi connectivity index (χ0) is 20.3. The Labute approximate surface area is 157 Å². The number of alkyl halides is 3. The molecule has 6 nitrogen and oxygen atoms in total. The van der Waals surface area contributed by atoms with Crippen molar-refractivity contribution < 1.29 is 27.1 Å². The van der Waals surface area contributed by atoms with Gasteiger partial charge in [-0.25, -0.2) is 4.39 Å². The van der Waals surface area contributed by atoms with Crippen LogP contribution in [0.2, 0.25) is 0 Å². The van der Waals surface area contributed by atoms with Crippen LogP contribution >= 0.6 is 0 Å². The molecular formula is C18H17F4N3O3. The zero-order valence-electron chi connectivity index (χ0n) is 14.6. The SMILES string of the molecule is O=C(Nc1cc(C(F)(F)F)c[nH]c1=O)[C@H](c1ccccc1F)N1CCOCC1. The maximum absolute atomic E-state index is 14.3. The molecule has 2 N–H and O–H groups in total. The maximum Gasteiger partial charge on any atom is 0.417 e. The van der Waals surface area contributed by atoms with Gasteiger partial charge in [-0.2, -0.15) is 13.2 Å². The van der Waals surface area contributed by atoms with Crippen molar-refractivity contribution in [2.45, 2.75) is 12.2 Å². The van der Waals surface area contributed by atoms with Crippen LogP contribution in [-0.2, 0) is 15.7 Å². The first-order chi connectivity index (χ1) is 13.3. The summed E-state index contributed by atoms with van der Waals surface area (Å²) >= 11 is 0. The van der Waals surface area contributed by atoms with E-state index >= 15 is 0 Å². The number of halogens is 4. The number of nitrogens with zero attached hydrogens (tertiary/aromatic N) is 1. The third-order valence-corrected chi connectivity index (χ3v) is 4.35. The summed E-state index contributed by atoms with van der Waals surface area (Å²) in [6, 6.07) is 5.05. The second-order valence-corrected chi connectivity index (χ2v) is 6.19. The van der Waals surface area contributed by atoms with E-state index in [9.17, 15) is 27.2 Å². The number of anilines is 1. The molecule has 150 valence electrons. The lowest BCUT2D eigenvalue weighted by Crippen LogP contribution is -2.44. The molecule has 1 aliphatic heterocycles. The summed E-state index contributed by atoms with van der Waals surface area (Å²) < 4.78 is 58.3. The molecule has 10 heteroatoms. The van der Waals surface area contributed by atoms with E-state index in [1.165, 1.54) is 18.2 Å². The van der Waals surface area contributed by atoms with Gasteiger partial charge in [0, 0.05) is 24.8 Å². The minimum absolute atomic E-state index is 0.0605. The van der Waals surface area contributed by atoms with E-state index in [2.05, 4.69) is 5.32 Å². The van der Waals surface area contributed by atoms with E-state index in [1.54, 1.807) is 11.0 Å². The monoisotopic (exact) mass is 399 g/mol. The molecule has 1 aromatic carbocycles. The molecule has 1 amide bonds. The van der Waals surface area contributed by atoms with Crippen LogP contribution in [0.4, 0.5) is 23.2 Å². The van der Waals surface area contributed by atoms with Crippen molar-refractivity contribution in [3.8, 4) is 0 Å². The number of amides is 1. The lowest BCUT2D eigenvalue weighted by atomic mass is 10.0. The van der Waals surface area contributed by atoms with Crippen LogP contribution in [-0.4, -0.2) is 42.1 Å². The lowest BCUT2D eigenvalue weighted by Gasteiger charge is -2.33. The predicted octanol–water partition coefficient (Wildman–Crippen LogP) is 2.54. The molecule has 3 rings (SSSR count). The number of hydrogen-bond donors (Lipinski definition) is 2. The van der Waals surface area contributed by atoms with Gasteiger partial charge in [-0.15, -0.1) is 0 Å². The van der Waals surface area contributed by atoms with E-state index in [4.69, 9.17) is 4.74 Å². The highest BCUT2D eigenvalue weighted by Crippen LogP contribution is 2.30. The van der Waals surface area contributed by atoms with E-state index < -0.39 is 40.8 Å². The van der Waals surface area contributed by atoms with Crippen molar-refractivity contribution in [1.82, 2.24) is 9.88 Å². The molecule has 1 atom stereocenters. The molecule has 1 aliphatic rings. The van der Waals surface area contributed by atoms with Gasteiger partial charge in [-0.1, -0.05) is 18.2 Å². The topological polar surface area (TPSA) is 74.4 Å². The Morgan fingerprint density at radius 1 is 1.21 bits per heavy atom. The van der Waals surface area contributed by atoms with Crippen LogP contribution < -0.4 is 10.9 Å². The predicted molar refractivity (Wildman–Crippen MR) is 92.2 cm³/mol. The minimum atomic E-state index is -4.70. The number of nitrogens with one attached hydrogen (secondary N) is 2. The summed E-state index contributed by atoms with van der Waals surface area (Å²) in [7, 11) is 0. The van der Waals surface area contributed by atoms with E-state index in [-0.39, 0.29) is 5.56 Å². The molecule has 2 aromatic rings. The smallest absolute Gasteiger partial charge is 0.379 e. The highest BCUT2D eigenvalue weighted by molar-refractivity contribution is 5.95. The van der Waals surface area contributed by atoms with Gasteiger partial charge in [0.1, 0.15) is 17.5 Å². The molecule has 1 aromatic heterocycles. The molecule has 1 fully saturated rings. The Bertz CT molecular complexity index is 907. The fourth-order valence-electron chi connectivity index (χ4n) is 2.98. The van der Waals surface area contributed by atoms with Crippen molar-refractivity contribution in [2.75, 3.05) is 31.6 Å². The number of carbonyl (C=O) groups is 1. The van der Waals surface area contributed by atoms with Crippen LogP contribution in [0, 0.1) is 5.82 Å². The van der Waals surface area contributed by atoms with Gasteiger partial charge in [0.05, 0.1) is 18.8 Å². The molecule has 0 unspecified atom stereocenters. The summed E-state index contributed by atoms with van der Waals surface area (Å²) in [5.41, 5.74) is -2.51. The van der Waals surface area contributed by atoms with Crippen LogP contribution in [0.1, 0.15) is 17.2 Å². The average molecular weight is 399 g/mol. The molecule has 0 saturated carbocycles. The number of aromatic amines is 1. The Morgan fingerprint density at radius 2 is 1.89 bits per heavy atom. The molecule has 2 heterocycles. The maximum atomic E-state index is 14.3. The van der Waals surface area contributed by atoms with Crippen molar-refractivity contribution in [2.24, 2.45) is 0 Å². The number of benzene rings is 1. The number of carbonyl (C=O) groups excluding carboxylic acids is 1. The summed E-state index contributed by atoms with van der Waals surface area (Å²) in [6.07, 6.45) is -4.17. The molecule has 28 heavy (non-hydrogen) atoms. The van der Waals surface area contributed by atoms with Gasteiger partial charge >= 0.3 is 6.18 Å². The average Bonchev–Trinajstić information content (AvgIpc) is 2.65. The van der Waals surface area contributed by atoms with Crippen LogP contribution in [0.5, 0.6) is 0 Å². The van der Waals surface area contributed by atoms with Crippen LogP contribution in [0.15, 0.2) is 41.3 Å². The molecule has 0 bridgehead atoms. The Kier molecular flexibility index (Phi) is 5.80. The fraction of sp³-hybridized carbons (Fsp3) is 0.333. The zero-order valence-corrected chi connectivity index (χ0v) is 14.6. The number of morpholine rings is 1. The van der Waals surface area contributed by atoms with Crippen LogP contribution in [0.3, 0.4) is 0 Å². The van der Waals surface area contributed by atoms with Gasteiger partial charge in [-0.3, -0.25) is 14.5 Å².